The second kappa shape index (κ2) is 6.39. The van der Waals surface area contributed by atoms with Crippen LogP contribution < -0.4 is 0 Å². The van der Waals surface area contributed by atoms with E-state index in [1.54, 1.807) is 0 Å². The summed E-state index contributed by atoms with van der Waals surface area (Å²) in [7, 11) is 0. The Hall–Kier alpha value is -0.980. The number of phenols is 1. The van der Waals surface area contributed by atoms with Crippen molar-refractivity contribution in [3.05, 3.63) is 28.8 Å². The highest BCUT2D eigenvalue weighted by Crippen LogP contribution is 2.48. The number of rotatable bonds is 4. The second-order valence-corrected chi connectivity index (χ2v) is 11.4. The molecule has 1 aromatic rings. The first-order valence-electron chi connectivity index (χ1n) is 9.30. The van der Waals surface area contributed by atoms with Crippen molar-refractivity contribution in [2.45, 2.75) is 99.8 Å². The van der Waals surface area contributed by atoms with Crippen LogP contribution in [0, 0.1) is 17.8 Å². The van der Waals surface area contributed by atoms with Crippen molar-refractivity contribution >= 4 is 0 Å². The van der Waals surface area contributed by atoms with Crippen molar-refractivity contribution in [2.75, 3.05) is 0 Å². The monoisotopic (exact) mass is 332 g/mol. The first-order chi connectivity index (χ1) is 10.5. The van der Waals surface area contributed by atoms with Gasteiger partial charge >= 0.3 is 0 Å². The third-order valence-corrected chi connectivity index (χ3v) is 4.69. The summed E-state index contributed by atoms with van der Waals surface area (Å²) < 4.78 is 0. The van der Waals surface area contributed by atoms with Crippen LogP contribution in [-0.4, -0.2) is 5.11 Å². The molecule has 0 bridgehead atoms. The van der Waals surface area contributed by atoms with Crippen LogP contribution in [0.4, 0.5) is 0 Å². The van der Waals surface area contributed by atoms with Gasteiger partial charge in [-0.2, -0.15) is 0 Å². The van der Waals surface area contributed by atoms with Crippen molar-refractivity contribution in [3.63, 3.8) is 0 Å². The van der Waals surface area contributed by atoms with Crippen LogP contribution in [0.1, 0.15) is 98.8 Å². The largest absolute Gasteiger partial charge is 0.508 e. The molecule has 0 amide bonds. The maximum atomic E-state index is 10.8. The highest BCUT2D eigenvalue weighted by molar-refractivity contribution is 5.51. The van der Waals surface area contributed by atoms with Gasteiger partial charge in [-0.05, 0) is 58.6 Å². The van der Waals surface area contributed by atoms with Gasteiger partial charge in [0.05, 0.1) is 0 Å². The van der Waals surface area contributed by atoms with Gasteiger partial charge in [-0.15, -0.1) is 0 Å². The molecule has 0 aliphatic carbocycles. The van der Waals surface area contributed by atoms with Crippen molar-refractivity contribution in [3.8, 4) is 5.75 Å². The van der Waals surface area contributed by atoms with Crippen LogP contribution in [0.5, 0.6) is 5.75 Å². The van der Waals surface area contributed by atoms with Crippen molar-refractivity contribution in [2.24, 2.45) is 10.8 Å². The topological polar surface area (TPSA) is 20.2 Å². The van der Waals surface area contributed by atoms with Gasteiger partial charge in [0.1, 0.15) is 5.75 Å². The maximum Gasteiger partial charge on any atom is 0.119 e. The molecule has 0 unspecified atom stereocenters. The smallest absolute Gasteiger partial charge is 0.119 e. The van der Waals surface area contributed by atoms with Gasteiger partial charge in [-0.1, -0.05) is 75.3 Å². The van der Waals surface area contributed by atoms with Crippen molar-refractivity contribution in [1.82, 2.24) is 0 Å². The number of benzene rings is 1. The van der Waals surface area contributed by atoms with Crippen molar-refractivity contribution in [1.29, 1.82) is 0 Å². The zero-order valence-electron chi connectivity index (χ0n) is 18.0. The predicted octanol–water partition coefficient (Wildman–Crippen LogP) is 7.13. The fraction of sp³-hybridized carbons (Fsp3) is 0.739. The van der Waals surface area contributed by atoms with Crippen LogP contribution in [0.3, 0.4) is 0 Å². The molecule has 138 valence electrons. The van der Waals surface area contributed by atoms with E-state index in [0.717, 1.165) is 18.4 Å². The second-order valence-electron chi connectivity index (χ2n) is 11.4. The average Bonchev–Trinajstić information content (AvgIpc) is 2.24. The summed E-state index contributed by atoms with van der Waals surface area (Å²) in [6, 6.07) is 3.96. The van der Waals surface area contributed by atoms with E-state index in [9.17, 15) is 5.11 Å². The third kappa shape index (κ3) is 5.26. The minimum absolute atomic E-state index is 0.0194. The fourth-order valence-electron chi connectivity index (χ4n) is 5.08. The van der Waals surface area contributed by atoms with Crippen LogP contribution in [0.25, 0.3) is 0 Å². The Balaban J connectivity index is 3.60. The summed E-state index contributed by atoms with van der Waals surface area (Å²) in [4.78, 5) is 0. The van der Waals surface area contributed by atoms with Crippen LogP contribution in [0.2, 0.25) is 0 Å². The number of hydrogen-bond donors (Lipinski definition) is 1. The van der Waals surface area contributed by atoms with E-state index in [0.29, 0.717) is 5.75 Å². The summed E-state index contributed by atoms with van der Waals surface area (Å²) in [6.45, 7) is 25.1. The molecular formula is C23H40O. The maximum absolute atomic E-state index is 10.8. The molecule has 0 aliphatic rings. The van der Waals surface area contributed by atoms with E-state index in [-0.39, 0.29) is 21.7 Å². The lowest BCUT2D eigenvalue weighted by atomic mass is 9.63. The Kier molecular flexibility index (Phi) is 5.61. The van der Waals surface area contributed by atoms with Gasteiger partial charge in [-0.25, -0.2) is 0 Å². The van der Waals surface area contributed by atoms with Crippen LogP contribution >= 0.6 is 0 Å². The van der Waals surface area contributed by atoms with E-state index in [1.165, 1.54) is 11.1 Å². The standard InChI is InChI=1S/C23H40O/c1-16-12-13-17(24)19(23(10,11)15-21(5,6)7)18(16)22(8,9)14-20(2,3)4/h12-13,24H,14-15H2,1-11H3. The third-order valence-electron chi connectivity index (χ3n) is 4.69. The quantitative estimate of drug-likeness (QED) is 0.622. The van der Waals surface area contributed by atoms with E-state index < -0.39 is 0 Å². The summed E-state index contributed by atoms with van der Waals surface area (Å²) in [5, 5.41) is 10.8. The number of hydrogen-bond acceptors (Lipinski definition) is 1. The lowest BCUT2D eigenvalue weighted by Gasteiger charge is -2.41. The highest BCUT2D eigenvalue weighted by atomic mass is 16.3. The Morgan fingerprint density at radius 3 is 1.42 bits per heavy atom. The molecule has 0 aliphatic heterocycles. The molecule has 0 radical (unpaired) electrons. The highest BCUT2D eigenvalue weighted by Gasteiger charge is 2.38. The van der Waals surface area contributed by atoms with E-state index in [4.69, 9.17) is 0 Å². The molecule has 0 aromatic heterocycles. The van der Waals surface area contributed by atoms with E-state index in [1.807, 2.05) is 6.07 Å². The molecule has 1 heteroatoms. The van der Waals surface area contributed by atoms with Gasteiger partial charge in [0.25, 0.3) is 0 Å². The molecule has 0 saturated heterocycles. The summed E-state index contributed by atoms with van der Waals surface area (Å²) in [5.74, 6) is 0.451. The van der Waals surface area contributed by atoms with E-state index in [2.05, 4.69) is 82.2 Å². The predicted molar refractivity (Wildman–Crippen MR) is 107 cm³/mol. The zero-order chi connectivity index (χ0) is 19.1. The zero-order valence-corrected chi connectivity index (χ0v) is 18.0. The number of phenolic OH excluding ortho intramolecular Hbond substituents is 1. The van der Waals surface area contributed by atoms with Crippen LogP contribution in [0.15, 0.2) is 12.1 Å². The first-order valence-corrected chi connectivity index (χ1v) is 9.30. The van der Waals surface area contributed by atoms with Gasteiger partial charge in [0.15, 0.2) is 0 Å². The molecule has 0 heterocycles. The summed E-state index contributed by atoms with van der Waals surface area (Å²) >= 11 is 0. The fourth-order valence-corrected chi connectivity index (χ4v) is 5.08. The first kappa shape index (κ1) is 21.1. The van der Waals surface area contributed by atoms with Gasteiger partial charge in [0, 0.05) is 5.56 Å². The minimum Gasteiger partial charge on any atom is -0.508 e. The van der Waals surface area contributed by atoms with Crippen molar-refractivity contribution < 1.29 is 5.11 Å². The minimum atomic E-state index is -0.0706. The Morgan fingerprint density at radius 1 is 0.667 bits per heavy atom. The molecule has 0 atom stereocenters. The molecule has 0 fully saturated rings. The summed E-state index contributed by atoms with van der Waals surface area (Å²) in [6.07, 6.45) is 2.12. The van der Waals surface area contributed by atoms with Gasteiger partial charge < -0.3 is 5.11 Å². The van der Waals surface area contributed by atoms with Crippen LogP contribution in [-0.2, 0) is 10.8 Å². The lowest BCUT2D eigenvalue weighted by molar-refractivity contribution is 0.259. The lowest BCUT2D eigenvalue weighted by Crippen LogP contribution is -2.33. The molecule has 1 nitrogen and oxygen atoms in total. The Bertz CT molecular complexity index is 524. The summed E-state index contributed by atoms with van der Waals surface area (Å²) in [5.41, 5.74) is 4.18. The Morgan fingerprint density at radius 2 is 1.04 bits per heavy atom. The normalized spacial score (nSPS) is 14.1. The SMILES string of the molecule is Cc1ccc(O)c(C(C)(C)CC(C)(C)C)c1C(C)(C)CC(C)(C)C. The molecule has 1 N–H and O–H groups in total. The average molecular weight is 333 g/mol. The molecule has 1 aromatic carbocycles. The molecular weight excluding hydrogens is 292 g/mol. The van der Waals surface area contributed by atoms with E-state index >= 15 is 0 Å². The Labute approximate surface area is 150 Å². The van der Waals surface area contributed by atoms with Gasteiger partial charge in [0.2, 0.25) is 0 Å². The van der Waals surface area contributed by atoms with Gasteiger partial charge in [-0.3, -0.25) is 0 Å². The molecule has 1 rings (SSSR count). The number of aromatic hydroxyl groups is 1. The molecule has 24 heavy (non-hydrogen) atoms. The molecule has 0 spiro atoms. The number of aryl methyl sites for hydroxylation is 1. The molecule has 0 saturated carbocycles.